The first-order chi connectivity index (χ1) is 12.5. The van der Waals surface area contributed by atoms with E-state index in [-0.39, 0.29) is 23.6 Å². The summed E-state index contributed by atoms with van der Waals surface area (Å²) in [5.74, 6) is -2.04. The number of hydrogen-bond acceptors (Lipinski definition) is 5. The van der Waals surface area contributed by atoms with Gasteiger partial charge in [0.2, 0.25) is 0 Å². The first kappa shape index (κ1) is 18.1. The van der Waals surface area contributed by atoms with E-state index in [1.807, 2.05) is 0 Å². The van der Waals surface area contributed by atoms with E-state index in [2.05, 4.69) is 0 Å². The third-order valence-electron chi connectivity index (χ3n) is 4.85. The highest BCUT2D eigenvalue weighted by molar-refractivity contribution is 6.22. The van der Waals surface area contributed by atoms with Gasteiger partial charge in [-0.3, -0.25) is 19.3 Å². The average Bonchev–Trinajstić information content (AvgIpc) is 2.84. The Bertz CT molecular complexity index is 702. The fourth-order valence-corrected chi connectivity index (χ4v) is 3.33. The lowest BCUT2D eigenvalue weighted by Gasteiger charge is -2.23. The van der Waals surface area contributed by atoms with Crippen LogP contribution in [0.25, 0.3) is 0 Å². The molecule has 1 aromatic rings. The van der Waals surface area contributed by atoms with Crippen molar-refractivity contribution >= 4 is 23.7 Å². The predicted octanol–water partition coefficient (Wildman–Crippen LogP) is 1.62. The van der Waals surface area contributed by atoms with Crippen molar-refractivity contribution in [3.05, 3.63) is 35.4 Å². The van der Waals surface area contributed by atoms with Crippen LogP contribution in [-0.4, -0.2) is 59.2 Å². The average molecular weight is 358 g/mol. The molecule has 2 aliphatic heterocycles. The van der Waals surface area contributed by atoms with Crippen molar-refractivity contribution in [2.45, 2.75) is 38.6 Å². The number of nitrogens with zero attached hydrogens (tertiary/aromatic N) is 2. The summed E-state index contributed by atoms with van der Waals surface area (Å²) in [7, 11) is 0. The largest absolute Gasteiger partial charge is 0.454 e. The first-order valence-electron chi connectivity index (χ1n) is 8.92. The second-order valence-corrected chi connectivity index (χ2v) is 6.60. The molecular formula is C19H22N2O5. The SMILES string of the molecule is CC(C(=O)OCC(=O)N1CCCCCC1)N1C(=O)c2ccccc2C1=O. The lowest BCUT2D eigenvalue weighted by atomic mass is 10.1. The van der Waals surface area contributed by atoms with E-state index >= 15 is 0 Å². The van der Waals surface area contributed by atoms with Crippen molar-refractivity contribution in [3.63, 3.8) is 0 Å². The zero-order valence-electron chi connectivity index (χ0n) is 14.8. The van der Waals surface area contributed by atoms with E-state index in [1.54, 1.807) is 29.2 Å². The molecule has 26 heavy (non-hydrogen) atoms. The molecule has 0 aromatic heterocycles. The van der Waals surface area contributed by atoms with Gasteiger partial charge in [0.15, 0.2) is 6.61 Å². The maximum atomic E-state index is 12.4. The maximum Gasteiger partial charge on any atom is 0.329 e. The summed E-state index contributed by atoms with van der Waals surface area (Å²) in [4.78, 5) is 51.9. The van der Waals surface area contributed by atoms with E-state index in [9.17, 15) is 19.2 Å². The number of carbonyl (C=O) groups is 4. The van der Waals surface area contributed by atoms with E-state index < -0.39 is 23.8 Å². The van der Waals surface area contributed by atoms with Gasteiger partial charge in [-0.05, 0) is 31.9 Å². The van der Waals surface area contributed by atoms with Gasteiger partial charge in [0.1, 0.15) is 6.04 Å². The molecular weight excluding hydrogens is 336 g/mol. The second kappa shape index (κ2) is 7.68. The fraction of sp³-hybridized carbons (Fsp3) is 0.474. The molecule has 7 heteroatoms. The molecule has 3 rings (SSSR count). The predicted molar refractivity (Wildman–Crippen MR) is 92.4 cm³/mol. The first-order valence-corrected chi connectivity index (χ1v) is 8.92. The number of imide groups is 1. The number of ether oxygens (including phenoxy) is 1. The maximum absolute atomic E-state index is 12.4. The lowest BCUT2D eigenvalue weighted by molar-refractivity contribution is -0.154. The topological polar surface area (TPSA) is 84.0 Å². The number of likely N-dealkylation sites (tertiary alicyclic amines) is 1. The van der Waals surface area contributed by atoms with Crippen molar-refractivity contribution in [3.8, 4) is 0 Å². The van der Waals surface area contributed by atoms with Gasteiger partial charge in [0, 0.05) is 13.1 Å². The molecule has 3 amide bonds. The van der Waals surface area contributed by atoms with Gasteiger partial charge < -0.3 is 9.64 Å². The molecule has 0 N–H and O–H groups in total. The highest BCUT2D eigenvalue weighted by Crippen LogP contribution is 2.24. The van der Waals surface area contributed by atoms with Gasteiger partial charge >= 0.3 is 5.97 Å². The minimum absolute atomic E-state index is 0.241. The molecule has 1 saturated heterocycles. The third-order valence-corrected chi connectivity index (χ3v) is 4.85. The smallest absolute Gasteiger partial charge is 0.329 e. The highest BCUT2D eigenvalue weighted by atomic mass is 16.5. The van der Waals surface area contributed by atoms with E-state index in [1.165, 1.54) is 6.92 Å². The van der Waals surface area contributed by atoms with E-state index in [0.717, 1.165) is 30.6 Å². The summed E-state index contributed by atoms with van der Waals surface area (Å²) >= 11 is 0. The van der Waals surface area contributed by atoms with Crippen LogP contribution < -0.4 is 0 Å². The van der Waals surface area contributed by atoms with E-state index in [4.69, 9.17) is 4.74 Å². The minimum atomic E-state index is -1.08. The Morgan fingerprint density at radius 2 is 1.54 bits per heavy atom. The summed E-state index contributed by atoms with van der Waals surface area (Å²) in [6, 6.07) is 5.35. The molecule has 1 unspecified atom stereocenters. The molecule has 0 saturated carbocycles. The van der Waals surface area contributed by atoms with E-state index in [0.29, 0.717) is 13.1 Å². The molecule has 1 atom stereocenters. The molecule has 2 heterocycles. The third kappa shape index (κ3) is 3.47. The Labute approximate surface area is 151 Å². The van der Waals surface area contributed by atoms with Crippen molar-refractivity contribution < 1.29 is 23.9 Å². The molecule has 0 aliphatic carbocycles. The summed E-state index contributed by atoms with van der Waals surface area (Å²) in [6.07, 6.45) is 4.09. The highest BCUT2D eigenvalue weighted by Gasteiger charge is 2.41. The Hall–Kier alpha value is -2.70. The quantitative estimate of drug-likeness (QED) is 0.603. The monoisotopic (exact) mass is 358 g/mol. The summed E-state index contributed by atoms with van der Waals surface area (Å²) in [5, 5.41) is 0. The number of hydrogen-bond donors (Lipinski definition) is 0. The number of benzene rings is 1. The fourth-order valence-electron chi connectivity index (χ4n) is 3.33. The van der Waals surface area contributed by atoms with Gasteiger partial charge in [-0.15, -0.1) is 0 Å². The number of esters is 1. The van der Waals surface area contributed by atoms with Crippen LogP contribution in [-0.2, 0) is 14.3 Å². The Morgan fingerprint density at radius 3 is 2.08 bits per heavy atom. The molecule has 1 fully saturated rings. The standard InChI is InChI=1S/C19H22N2O5/c1-13(21-17(23)14-8-4-5-9-15(14)18(21)24)19(25)26-12-16(22)20-10-6-2-3-7-11-20/h4-5,8-9,13H,2-3,6-7,10-12H2,1H3. The molecule has 0 spiro atoms. The van der Waals surface area contributed by atoms with Gasteiger partial charge in [0.25, 0.3) is 17.7 Å². The molecule has 0 radical (unpaired) electrons. The lowest BCUT2D eigenvalue weighted by Crippen LogP contribution is -2.45. The molecule has 2 aliphatic rings. The Morgan fingerprint density at radius 1 is 1.00 bits per heavy atom. The normalized spacial score (nSPS) is 18.3. The van der Waals surface area contributed by atoms with Crippen molar-refractivity contribution in [1.82, 2.24) is 9.80 Å². The van der Waals surface area contributed by atoms with Crippen LogP contribution in [0.4, 0.5) is 0 Å². The number of amides is 3. The van der Waals surface area contributed by atoms with Crippen molar-refractivity contribution in [2.75, 3.05) is 19.7 Å². The summed E-state index contributed by atoms with van der Waals surface area (Å²) in [5.41, 5.74) is 0.551. The van der Waals surface area contributed by atoms with Gasteiger partial charge in [-0.2, -0.15) is 0 Å². The van der Waals surface area contributed by atoms with Crippen LogP contribution in [0.3, 0.4) is 0 Å². The van der Waals surface area contributed by atoms with Crippen LogP contribution >= 0.6 is 0 Å². The van der Waals surface area contributed by atoms with Crippen LogP contribution in [0.2, 0.25) is 0 Å². The van der Waals surface area contributed by atoms with Crippen molar-refractivity contribution in [2.24, 2.45) is 0 Å². The minimum Gasteiger partial charge on any atom is -0.454 e. The molecule has 0 bridgehead atoms. The molecule has 1 aromatic carbocycles. The van der Waals surface area contributed by atoms with Crippen LogP contribution in [0.5, 0.6) is 0 Å². The van der Waals surface area contributed by atoms with Crippen LogP contribution in [0.15, 0.2) is 24.3 Å². The van der Waals surface area contributed by atoms with Crippen LogP contribution in [0, 0.1) is 0 Å². The van der Waals surface area contributed by atoms with Crippen LogP contribution in [0.1, 0.15) is 53.3 Å². The summed E-state index contributed by atoms with van der Waals surface area (Å²) < 4.78 is 5.09. The molecule has 138 valence electrons. The number of rotatable bonds is 4. The summed E-state index contributed by atoms with van der Waals surface area (Å²) in [6.45, 7) is 2.40. The zero-order valence-corrected chi connectivity index (χ0v) is 14.8. The second-order valence-electron chi connectivity index (χ2n) is 6.60. The Balaban J connectivity index is 1.59. The Kier molecular flexibility index (Phi) is 5.35. The van der Waals surface area contributed by atoms with Gasteiger partial charge in [-0.1, -0.05) is 25.0 Å². The zero-order chi connectivity index (χ0) is 18.7. The van der Waals surface area contributed by atoms with Gasteiger partial charge in [0.05, 0.1) is 11.1 Å². The number of carbonyl (C=O) groups excluding carboxylic acids is 4. The van der Waals surface area contributed by atoms with Crippen molar-refractivity contribution in [1.29, 1.82) is 0 Å². The molecule has 7 nitrogen and oxygen atoms in total. The number of fused-ring (bicyclic) bond motifs is 1. The van der Waals surface area contributed by atoms with Gasteiger partial charge in [-0.25, -0.2) is 4.79 Å².